The third kappa shape index (κ3) is 6.05. The lowest BCUT2D eigenvalue weighted by molar-refractivity contribution is -0.119. The van der Waals surface area contributed by atoms with Crippen LogP contribution < -0.4 is 11.1 Å². The van der Waals surface area contributed by atoms with Gasteiger partial charge in [-0.3, -0.25) is 9.79 Å². The van der Waals surface area contributed by atoms with Gasteiger partial charge in [0.2, 0.25) is 5.91 Å². The Bertz CT molecular complexity index is 1130. The summed E-state index contributed by atoms with van der Waals surface area (Å²) in [5.74, 6) is -0.315. The summed E-state index contributed by atoms with van der Waals surface area (Å²) in [5.41, 5.74) is 9.03. The Morgan fingerprint density at radius 1 is 1.33 bits per heavy atom. The number of nitrogens with one attached hydrogen (secondary N) is 1. The first-order chi connectivity index (χ1) is 15.6. The average Bonchev–Trinajstić information content (AvgIpc) is 2.93. The lowest BCUT2D eigenvalue weighted by atomic mass is 9.85. The second-order valence-electron chi connectivity index (χ2n) is 8.74. The van der Waals surface area contributed by atoms with E-state index >= 15 is 0 Å². The van der Waals surface area contributed by atoms with E-state index in [9.17, 15) is 9.18 Å². The normalized spacial score (nSPS) is 23.3. The molecule has 0 fully saturated rings. The predicted molar refractivity (Wildman–Crippen MR) is 132 cm³/mol. The fraction of sp³-hybridized carbons (Fsp3) is 0.360. The van der Waals surface area contributed by atoms with Gasteiger partial charge in [-0.25, -0.2) is 14.4 Å². The van der Waals surface area contributed by atoms with Crippen molar-refractivity contribution < 1.29 is 9.18 Å². The third-order valence-electron chi connectivity index (χ3n) is 5.93. The number of carbonyl (C=O) groups is 1. The van der Waals surface area contributed by atoms with Crippen LogP contribution >= 0.6 is 11.6 Å². The van der Waals surface area contributed by atoms with Gasteiger partial charge in [-0.1, -0.05) is 31.9 Å². The van der Waals surface area contributed by atoms with E-state index in [1.807, 2.05) is 6.92 Å². The maximum atomic E-state index is 13.0. The molecule has 1 amide bonds. The summed E-state index contributed by atoms with van der Waals surface area (Å²) < 4.78 is 13.0. The minimum absolute atomic E-state index is 0.0764. The highest BCUT2D eigenvalue weighted by Gasteiger charge is 2.35. The monoisotopic (exact) mass is 469 g/mol. The Morgan fingerprint density at radius 3 is 2.76 bits per heavy atom. The topological polar surface area (TPSA) is 93.3 Å². The molecule has 0 saturated heterocycles. The molecule has 33 heavy (non-hydrogen) atoms. The fourth-order valence-corrected chi connectivity index (χ4v) is 4.05. The van der Waals surface area contributed by atoms with Gasteiger partial charge in [-0.2, -0.15) is 0 Å². The van der Waals surface area contributed by atoms with Gasteiger partial charge >= 0.3 is 0 Å². The molecular weight excluding hydrogens is 441 g/mol. The van der Waals surface area contributed by atoms with Crippen LogP contribution in [0.3, 0.4) is 0 Å². The first-order valence-corrected chi connectivity index (χ1v) is 11.2. The Hall–Kier alpha value is -3.06. The van der Waals surface area contributed by atoms with Gasteiger partial charge in [-0.05, 0) is 68.1 Å². The summed E-state index contributed by atoms with van der Waals surface area (Å²) in [6, 6.07) is 0. The number of halogens is 2. The molecule has 0 bridgehead atoms. The van der Waals surface area contributed by atoms with Crippen LogP contribution in [0, 0.1) is 11.3 Å². The van der Waals surface area contributed by atoms with Gasteiger partial charge in [0, 0.05) is 28.7 Å². The molecule has 1 aliphatic carbocycles. The lowest BCUT2D eigenvalue weighted by Crippen LogP contribution is -2.27. The number of carbonyl (C=O) groups excluding carboxylic acids is 1. The van der Waals surface area contributed by atoms with Crippen molar-refractivity contribution in [2.75, 3.05) is 5.32 Å². The van der Waals surface area contributed by atoms with Crippen molar-refractivity contribution in [3.8, 4) is 0 Å². The maximum Gasteiger partial charge on any atom is 0.230 e. The second kappa shape index (κ2) is 10.3. The molecule has 1 aromatic heterocycles. The van der Waals surface area contributed by atoms with Gasteiger partial charge in [-0.15, -0.1) is 0 Å². The molecule has 1 aliphatic heterocycles. The maximum absolute atomic E-state index is 13.0. The number of primary amides is 1. The standard InChI is InChI=1S/C25H29ClFN5O/c1-5-25(4)13-19-21(14-25)31-23(15(2)12-17(26)7-6-16(3)27)32-24(19)30-20-9-11-29-10-8-18(20)22(28)33/h6-12,18H,5,13-14H2,1-4H3,(H2,28,33)(H,30,31,32)/b15-12+,16-6+,17-7+. The first kappa shape index (κ1) is 24.6. The summed E-state index contributed by atoms with van der Waals surface area (Å²) in [7, 11) is 0. The highest BCUT2D eigenvalue weighted by atomic mass is 35.5. The van der Waals surface area contributed by atoms with Gasteiger partial charge < -0.3 is 11.1 Å². The number of rotatable bonds is 7. The Balaban J connectivity index is 2.05. The van der Waals surface area contributed by atoms with Crippen LogP contribution in [0.15, 0.2) is 58.1 Å². The van der Waals surface area contributed by atoms with Crippen LogP contribution in [0.1, 0.15) is 51.2 Å². The summed E-state index contributed by atoms with van der Waals surface area (Å²) in [6.45, 7) is 7.61. The van der Waals surface area contributed by atoms with E-state index in [2.05, 4.69) is 24.2 Å². The predicted octanol–water partition coefficient (Wildman–Crippen LogP) is 5.39. The van der Waals surface area contributed by atoms with Crippen molar-refractivity contribution in [3.63, 3.8) is 0 Å². The van der Waals surface area contributed by atoms with E-state index in [1.54, 1.807) is 30.6 Å². The summed E-state index contributed by atoms with van der Waals surface area (Å²) in [4.78, 5) is 25.7. The fourth-order valence-electron chi connectivity index (χ4n) is 3.82. The van der Waals surface area contributed by atoms with E-state index in [1.165, 1.54) is 19.1 Å². The SMILES string of the molecule is CCC1(C)Cc2nc(/C(C)=C/C(Cl)=C\C=C(/C)F)nc(NC3=CC=NC=CC3C(N)=O)c2C1. The van der Waals surface area contributed by atoms with Crippen LogP contribution in [0.4, 0.5) is 10.2 Å². The summed E-state index contributed by atoms with van der Waals surface area (Å²) in [5, 5.41) is 3.70. The number of anilines is 1. The zero-order valence-corrected chi connectivity index (χ0v) is 20.1. The van der Waals surface area contributed by atoms with E-state index in [0.29, 0.717) is 22.4 Å². The Morgan fingerprint density at radius 2 is 2.09 bits per heavy atom. The minimum atomic E-state index is -0.648. The Kier molecular flexibility index (Phi) is 7.64. The van der Waals surface area contributed by atoms with Gasteiger partial charge in [0.1, 0.15) is 5.82 Å². The van der Waals surface area contributed by atoms with Crippen LogP contribution in [0.5, 0.6) is 0 Å². The van der Waals surface area contributed by atoms with E-state index < -0.39 is 11.8 Å². The van der Waals surface area contributed by atoms with Crippen molar-refractivity contribution in [2.45, 2.75) is 47.0 Å². The number of hydrogen-bond donors (Lipinski definition) is 2. The lowest BCUT2D eigenvalue weighted by Gasteiger charge is -2.20. The number of fused-ring (bicyclic) bond motifs is 1. The van der Waals surface area contributed by atoms with Crippen molar-refractivity contribution in [3.05, 3.63) is 70.2 Å². The van der Waals surface area contributed by atoms with Crippen molar-refractivity contribution in [2.24, 2.45) is 22.1 Å². The van der Waals surface area contributed by atoms with Crippen molar-refractivity contribution in [1.82, 2.24) is 9.97 Å². The van der Waals surface area contributed by atoms with Gasteiger partial charge in [0.15, 0.2) is 5.82 Å². The molecule has 0 aromatic carbocycles. The van der Waals surface area contributed by atoms with E-state index in [4.69, 9.17) is 27.3 Å². The van der Waals surface area contributed by atoms with Crippen LogP contribution in [0.2, 0.25) is 0 Å². The van der Waals surface area contributed by atoms with Gasteiger partial charge in [0.25, 0.3) is 0 Å². The number of amides is 1. The van der Waals surface area contributed by atoms with E-state index in [-0.39, 0.29) is 11.2 Å². The molecule has 2 aliphatic rings. The highest BCUT2D eigenvalue weighted by Crippen LogP contribution is 2.42. The molecule has 2 heterocycles. The molecule has 3 N–H and O–H groups in total. The largest absolute Gasteiger partial charge is 0.369 e. The van der Waals surface area contributed by atoms with Crippen molar-refractivity contribution >= 4 is 35.1 Å². The quantitative estimate of drug-likeness (QED) is 0.524. The number of aliphatic imine (C=N–C) groups is 1. The Labute approximate surface area is 198 Å². The molecular formula is C25H29ClFN5O. The van der Waals surface area contributed by atoms with Crippen LogP contribution in [0.25, 0.3) is 5.57 Å². The number of allylic oxidation sites excluding steroid dienone is 7. The minimum Gasteiger partial charge on any atom is -0.369 e. The molecule has 6 nitrogen and oxygen atoms in total. The second-order valence-corrected chi connectivity index (χ2v) is 9.17. The zero-order valence-electron chi connectivity index (χ0n) is 19.3. The molecule has 8 heteroatoms. The summed E-state index contributed by atoms with van der Waals surface area (Å²) in [6.07, 6.45) is 13.7. The van der Waals surface area contributed by atoms with Gasteiger partial charge in [0.05, 0.1) is 17.4 Å². The highest BCUT2D eigenvalue weighted by molar-refractivity contribution is 6.31. The number of aromatic nitrogens is 2. The molecule has 2 unspecified atom stereocenters. The molecule has 0 spiro atoms. The molecule has 3 rings (SSSR count). The zero-order chi connectivity index (χ0) is 24.2. The molecule has 2 atom stereocenters. The van der Waals surface area contributed by atoms with Crippen LogP contribution in [-0.2, 0) is 17.6 Å². The van der Waals surface area contributed by atoms with Crippen molar-refractivity contribution in [1.29, 1.82) is 0 Å². The molecule has 0 saturated carbocycles. The molecule has 174 valence electrons. The third-order valence-corrected chi connectivity index (χ3v) is 6.17. The smallest absolute Gasteiger partial charge is 0.230 e. The number of hydrogen-bond acceptors (Lipinski definition) is 5. The average molecular weight is 470 g/mol. The summed E-state index contributed by atoms with van der Waals surface area (Å²) >= 11 is 6.24. The number of nitrogens with zero attached hydrogens (tertiary/aromatic N) is 3. The van der Waals surface area contributed by atoms with Crippen LogP contribution in [-0.4, -0.2) is 22.1 Å². The van der Waals surface area contributed by atoms with E-state index in [0.717, 1.165) is 36.1 Å². The first-order valence-electron chi connectivity index (χ1n) is 10.9. The molecule has 1 aromatic rings. The molecule has 0 radical (unpaired) electrons. The number of nitrogens with two attached hydrogens (primary N) is 1.